The molecule has 0 spiro atoms. The topological polar surface area (TPSA) is 119 Å². The Balaban J connectivity index is 1.35. The molecular weight excluding hydrogens is 402 g/mol. The molecule has 158 valence electrons. The number of fused-ring (bicyclic) bond motifs is 1. The van der Waals surface area contributed by atoms with Gasteiger partial charge in [0, 0.05) is 37.2 Å². The van der Waals surface area contributed by atoms with E-state index in [1.165, 1.54) is 0 Å². The van der Waals surface area contributed by atoms with Gasteiger partial charge >= 0.3 is 0 Å². The van der Waals surface area contributed by atoms with Crippen LogP contribution in [0.1, 0.15) is 41.6 Å². The van der Waals surface area contributed by atoms with Crippen LogP contribution in [0, 0.1) is 0 Å². The highest BCUT2D eigenvalue weighted by atomic mass is 32.2. The molecule has 1 saturated carbocycles. The van der Waals surface area contributed by atoms with Gasteiger partial charge < -0.3 is 15.5 Å². The van der Waals surface area contributed by atoms with Crippen LogP contribution in [-0.2, 0) is 16.6 Å². The minimum atomic E-state index is -3.57. The summed E-state index contributed by atoms with van der Waals surface area (Å²) in [6.45, 7) is 0.301. The molecule has 1 aliphatic rings. The van der Waals surface area contributed by atoms with Gasteiger partial charge in [0.1, 0.15) is 5.65 Å². The smallest absolute Gasteiger partial charge is 0.253 e. The van der Waals surface area contributed by atoms with Gasteiger partial charge in [0.15, 0.2) is 0 Å². The summed E-state index contributed by atoms with van der Waals surface area (Å²) in [5, 5.41) is 2.85. The number of sulfonamides is 1. The number of benzene rings is 1. The maximum atomic E-state index is 12.6. The third-order valence-corrected chi connectivity index (χ3v) is 6.97. The van der Waals surface area contributed by atoms with Crippen molar-refractivity contribution in [1.82, 2.24) is 19.4 Å². The molecule has 0 atom stereocenters. The highest BCUT2D eigenvalue weighted by Gasteiger charge is 2.24. The fourth-order valence-electron chi connectivity index (χ4n) is 3.65. The van der Waals surface area contributed by atoms with Gasteiger partial charge in [-0.3, -0.25) is 4.79 Å². The van der Waals surface area contributed by atoms with Crippen LogP contribution in [0.2, 0.25) is 0 Å². The number of carbonyl (C=O) groups is 1. The Kier molecular flexibility index (Phi) is 5.85. The van der Waals surface area contributed by atoms with Gasteiger partial charge in [-0.15, -0.1) is 0 Å². The second kappa shape index (κ2) is 8.55. The van der Waals surface area contributed by atoms with Crippen molar-refractivity contribution in [2.45, 2.75) is 49.2 Å². The average molecular weight is 428 g/mol. The first-order valence-corrected chi connectivity index (χ1v) is 11.5. The van der Waals surface area contributed by atoms with E-state index in [2.05, 4.69) is 15.0 Å². The molecule has 8 nitrogen and oxygen atoms in total. The fraction of sp³-hybridized carbons (Fsp3) is 0.333. The average Bonchev–Trinajstić information content (AvgIpc) is 3.22. The zero-order valence-corrected chi connectivity index (χ0v) is 17.3. The number of nitrogens with one attached hydrogen (secondary N) is 2. The van der Waals surface area contributed by atoms with Crippen molar-refractivity contribution in [3.05, 3.63) is 66.1 Å². The Morgan fingerprint density at radius 2 is 1.83 bits per heavy atom. The maximum Gasteiger partial charge on any atom is 0.253 e. The first-order chi connectivity index (χ1) is 14.4. The van der Waals surface area contributed by atoms with Crippen molar-refractivity contribution < 1.29 is 13.2 Å². The van der Waals surface area contributed by atoms with Gasteiger partial charge in [-0.1, -0.05) is 12.1 Å². The maximum absolute atomic E-state index is 12.6. The van der Waals surface area contributed by atoms with Crippen molar-refractivity contribution in [3.8, 4) is 0 Å². The Morgan fingerprint density at radius 3 is 2.57 bits per heavy atom. The molecule has 0 saturated heterocycles. The highest BCUT2D eigenvalue weighted by Crippen LogP contribution is 2.20. The van der Waals surface area contributed by atoms with Crippen molar-refractivity contribution >= 4 is 21.6 Å². The Labute approximate surface area is 175 Å². The molecule has 2 aromatic heterocycles. The van der Waals surface area contributed by atoms with Crippen LogP contribution >= 0.6 is 0 Å². The summed E-state index contributed by atoms with van der Waals surface area (Å²) in [6.07, 6.45) is 8.35. The van der Waals surface area contributed by atoms with Crippen LogP contribution in [0.3, 0.4) is 0 Å². The van der Waals surface area contributed by atoms with E-state index in [9.17, 15) is 13.2 Å². The molecule has 1 aromatic carbocycles. The van der Waals surface area contributed by atoms with E-state index in [0.29, 0.717) is 12.1 Å². The van der Waals surface area contributed by atoms with Crippen LogP contribution in [0.25, 0.3) is 5.65 Å². The second-order valence-corrected chi connectivity index (χ2v) is 9.38. The molecule has 1 aliphatic carbocycles. The standard InChI is InChI=1S/C21H25N5O3S/c22-17-4-6-18(7-5-17)25-30(28,29)19-8-1-15(2-9-19)13-24-21(27)16-3-10-20-23-11-12-26(20)14-16/h1-3,8-12,14,17-18,25H,4-7,13,22H2,(H,24,27). The Morgan fingerprint density at radius 1 is 1.10 bits per heavy atom. The number of pyridine rings is 1. The summed E-state index contributed by atoms with van der Waals surface area (Å²) in [5.74, 6) is -0.209. The van der Waals surface area contributed by atoms with Gasteiger partial charge in [0.2, 0.25) is 10.0 Å². The molecule has 0 aliphatic heterocycles. The second-order valence-electron chi connectivity index (χ2n) is 7.67. The molecule has 30 heavy (non-hydrogen) atoms. The predicted octanol–water partition coefficient (Wildman–Crippen LogP) is 1.81. The van der Waals surface area contributed by atoms with Gasteiger partial charge in [-0.05, 0) is 55.5 Å². The molecule has 2 heterocycles. The van der Waals surface area contributed by atoms with Crippen molar-refractivity contribution in [1.29, 1.82) is 0 Å². The molecule has 0 bridgehead atoms. The lowest BCUT2D eigenvalue weighted by Crippen LogP contribution is -2.40. The molecule has 4 N–H and O–H groups in total. The van der Waals surface area contributed by atoms with Crippen LogP contribution in [0.5, 0.6) is 0 Å². The lowest BCUT2D eigenvalue weighted by Gasteiger charge is -2.26. The van der Waals surface area contributed by atoms with Crippen LogP contribution in [0.15, 0.2) is 59.9 Å². The molecule has 1 fully saturated rings. The Bertz CT molecular complexity index is 1130. The number of nitrogens with zero attached hydrogens (tertiary/aromatic N) is 2. The lowest BCUT2D eigenvalue weighted by atomic mass is 9.93. The van der Waals surface area contributed by atoms with E-state index in [-0.39, 0.29) is 22.9 Å². The van der Waals surface area contributed by atoms with Crippen LogP contribution in [0.4, 0.5) is 0 Å². The minimum absolute atomic E-state index is 0.0680. The number of nitrogens with two attached hydrogens (primary N) is 1. The summed E-state index contributed by atoms with van der Waals surface area (Å²) in [6, 6.07) is 10.2. The van der Waals surface area contributed by atoms with E-state index in [4.69, 9.17) is 5.73 Å². The van der Waals surface area contributed by atoms with Gasteiger partial charge in [-0.2, -0.15) is 0 Å². The first-order valence-electron chi connectivity index (χ1n) is 9.98. The largest absolute Gasteiger partial charge is 0.348 e. The summed E-state index contributed by atoms with van der Waals surface area (Å²) in [5.41, 5.74) is 7.99. The number of imidazole rings is 1. The van der Waals surface area contributed by atoms with Crippen molar-refractivity contribution in [3.63, 3.8) is 0 Å². The fourth-order valence-corrected chi connectivity index (χ4v) is 4.95. The third kappa shape index (κ3) is 4.69. The lowest BCUT2D eigenvalue weighted by molar-refractivity contribution is 0.0950. The molecule has 0 unspecified atom stereocenters. The number of amides is 1. The van der Waals surface area contributed by atoms with Gasteiger partial charge in [-0.25, -0.2) is 18.1 Å². The van der Waals surface area contributed by atoms with E-state index in [0.717, 1.165) is 36.9 Å². The highest BCUT2D eigenvalue weighted by molar-refractivity contribution is 7.89. The summed E-state index contributed by atoms with van der Waals surface area (Å²) in [4.78, 5) is 16.8. The zero-order chi connectivity index (χ0) is 21.1. The minimum Gasteiger partial charge on any atom is -0.348 e. The zero-order valence-electron chi connectivity index (χ0n) is 16.5. The van der Waals surface area contributed by atoms with E-state index >= 15 is 0 Å². The van der Waals surface area contributed by atoms with Crippen molar-refractivity contribution in [2.75, 3.05) is 0 Å². The first kappa shape index (κ1) is 20.5. The number of carbonyl (C=O) groups excluding carboxylic acids is 1. The SMILES string of the molecule is NC1CCC(NS(=O)(=O)c2ccc(CNC(=O)c3ccc4nccn4c3)cc2)CC1. The molecule has 3 aromatic rings. The number of hydrogen-bond donors (Lipinski definition) is 3. The van der Waals surface area contributed by atoms with Crippen molar-refractivity contribution in [2.24, 2.45) is 5.73 Å². The molecule has 1 amide bonds. The predicted molar refractivity (Wildman–Crippen MR) is 113 cm³/mol. The quantitative estimate of drug-likeness (QED) is 0.554. The summed E-state index contributed by atoms with van der Waals surface area (Å²) < 4.78 is 29.8. The molecule has 9 heteroatoms. The third-order valence-electron chi connectivity index (χ3n) is 5.43. The molecule has 0 radical (unpaired) electrons. The van der Waals surface area contributed by atoms with E-state index in [1.54, 1.807) is 59.4 Å². The summed E-state index contributed by atoms with van der Waals surface area (Å²) >= 11 is 0. The van der Waals surface area contributed by atoms with Gasteiger partial charge in [0.25, 0.3) is 5.91 Å². The number of aromatic nitrogens is 2. The normalized spacial score (nSPS) is 19.6. The number of rotatable bonds is 6. The van der Waals surface area contributed by atoms with E-state index < -0.39 is 10.0 Å². The van der Waals surface area contributed by atoms with Crippen LogP contribution in [-0.4, -0.2) is 35.8 Å². The Hall–Kier alpha value is -2.75. The van der Waals surface area contributed by atoms with Crippen LogP contribution < -0.4 is 15.8 Å². The summed E-state index contributed by atoms with van der Waals surface area (Å²) in [7, 11) is -3.57. The molecule has 4 rings (SSSR count). The molecular formula is C21H25N5O3S. The van der Waals surface area contributed by atoms with Gasteiger partial charge in [0.05, 0.1) is 10.5 Å². The van der Waals surface area contributed by atoms with E-state index in [1.807, 2.05) is 0 Å². The number of hydrogen-bond acceptors (Lipinski definition) is 5. The monoisotopic (exact) mass is 427 g/mol.